The Bertz CT molecular complexity index is 392. The van der Waals surface area contributed by atoms with Gasteiger partial charge in [-0.2, -0.15) is 4.99 Å². The second-order valence-electron chi connectivity index (χ2n) is 2.50. The van der Waals surface area contributed by atoms with Gasteiger partial charge in [0.15, 0.2) is 0 Å². The zero-order valence-electron chi connectivity index (χ0n) is 7.86. The first-order valence-corrected chi connectivity index (χ1v) is 5.27. The van der Waals surface area contributed by atoms with E-state index in [0.29, 0.717) is 17.2 Å². The van der Waals surface area contributed by atoms with Crippen molar-refractivity contribution in [1.82, 2.24) is 0 Å². The summed E-state index contributed by atoms with van der Waals surface area (Å²) >= 11 is 5.89. The average molecular weight is 227 g/mol. The fourth-order valence-corrected chi connectivity index (χ4v) is 1.96. The third-order valence-electron chi connectivity index (χ3n) is 1.48. The normalized spacial score (nSPS) is 9.29. The van der Waals surface area contributed by atoms with Crippen LogP contribution in [0.3, 0.4) is 0 Å². The molecule has 0 fully saturated rings. The highest BCUT2D eigenvalue weighted by Gasteiger charge is 2.14. The minimum absolute atomic E-state index is 0.356. The predicted octanol–water partition coefficient (Wildman–Crippen LogP) is 2.97. The molecule has 0 atom stereocenters. The van der Waals surface area contributed by atoms with Gasteiger partial charge >= 0.3 is 5.97 Å². The van der Waals surface area contributed by atoms with E-state index in [0.717, 1.165) is 4.88 Å². The van der Waals surface area contributed by atoms with E-state index < -0.39 is 0 Å². The molecule has 0 aliphatic heterocycles. The Labute approximate surface area is 91.4 Å². The van der Waals surface area contributed by atoms with E-state index in [9.17, 15) is 4.79 Å². The maximum Gasteiger partial charge on any atom is 0.341 e. The number of rotatable bonds is 3. The minimum atomic E-state index is -0.360. The van der Waals surface area contributed by atoms with Gasteiger partial charge in [0, 0.05) is 4.88 Å². The number of hydrogen-bond donors (Lipinski definition) is 0. The summed E-state index contributed by atoms with van der Waals surface area (Å²) < 4.78 is 4.87. The molecule has 0 amide bonds. The fourth-order valence-electron chi connectivity index (χ4n) is 0.982. The summed E-state index contributed by atoms with van der Waals surface area (Å²) in [7, 11) is 0. The van der Waals surface area contributed by atoms with Crippen LogP contribution in [0, 0.1) is 6.92 Å². The first-order chi connectivity index (χ1) is 6.69. The Morgan fingerprint density at radius 1 is 1.79 bits per heavy atom. The lowest BCUT2D eigenvalue weighted by atomic mass is 10.3. The zero-order valence-corrected chi connectivity index (χ0v) is 9.50. The second-order valence-corrected chi connectivity index (χ2v) is 3.92. The molecule has 1 rings (SSSR count). The predicted molar refractivity (Wildman–Crippen MR) is 59.7 cm³/mol. The van der Waals surface area contributed by atoms with E-state index in [2.05, 4.69) is 22.4 Å². The van der Waals surface area contributed by atoms with Crippen LogP contribution in [0.1, 0.15) is 22.2 Å². The summed E-state index contributed by atoms with van der Waals surface area (Å²) in [5.74, 6) is -0.360. The van der Waals surface area contributed by atoms with Crippen LogP contribution in [-0.2, 0) is 4.74 Å². The maximum absolute atomic E-state index is 11.4. The Morgan fingerprint density at radius 2 is 2.50 bits per heavy atom. The lowest BCUT2D eigenvalue weighted by Gasteiger charge is -1.98. The molecule has 1 aromatic heterocycles. The first-order valence-electron chi connectivity index (χ1n) is 4.04. The van der Waals surface area contributed by atoms with Crippen molar-refractivity contribution < 1.29 is 9.53 Å². The molecular weight excluding hydrogens is 218 g/mol. The Balaban J connectivity index is 3.05. The van der Waals surface area contributed by atoms with Gasteiger partial charge in [0.1, 0.15) is 5.00 Å². The van der Waals surface area contributed by atoms with E-state index in [1.54, 1.807) is 13.0 Å². The number of aliphatic imine (C=N–C) groups is 1. The number of carbonyl (C=O) groups is 1. The summed E-state index contributed by atoms with van der Waals surface area (Å²) in [5, 5.41) is 2.81. The minimum Gasteiger partial charge on any atom is -0.462 e. The van der Waals surface area contributed by atoms with Crippen LogP contribution in [0.15, 0.2) is 11.1 Å². The smallest absolute Gasteiger partial charge is 0.341 e. The number of hydrogen-bond acceptors (Lipinski definition) is 5. The fraction of sp³-hybridized carbons (Fsp3) is 0.333. The molecule has 0 spiro atoms. The SMILES string of the molecule is CCOC(=O)c1cc(C)sc1N=C=S. The van der Waals surface area contributed by atoms with Gasteiger partial charge in [-0.25, -0.2) is 4.79 Å². The molecule has 14 heavy (non-hydrogen) atoms. The lowest BCUT2D eigenvalue weighted by molar-refractivity contribution is 0.0528. The van der Waals surface area contributed by atoms with E-state index in [4.69, 9.17) is 4.74 Å². The number of isothiocyanates is 1. The number of esters is 1. The van der Waals surface area contributed by atoms with Gasteiger partial charge in [0.05, 0.1) is 17.3 Å². The van der Waals surface area contributed by atoms with Crippen LogP contribution in [0.5, 0.6) is 0 Å². The number of ether oxygens (including phenoxy) is 1. The third-order valence-corrected chi connectivity index (χ3v) is 2.51. The van der Waals surface area contributed by atoms with Gasteiger partial charge in [-0.05, 0) is 32.1 Å². The maximum atomic E-state index is 11.4. The van der Waals surface area contributed by atoms with Crippen molar-refractivity contribution >= 4 is 39.7 Å². The topological polar surface area (TPSA) is 38.7 Å². The highest BCUT2D eigenvalue weighted by Crippen LogP contribution is 2.30. The molecule has 74 valence electrons. The summed E-state index contributed by atoms with van der Waals surface area (Å²) in [5.41, 5.74) is 0.465. The molecule has 5 heteroatoms. The monoisotopic (exact) mass is 227 g/mol. The molecule has 3 nitrogen and oxygen atoms in total. The molecule has 0 unspecified atom stereocenters. The Morgan fingerprint density at radius 3 is 3.07 bits per heavy atom. The zero-order chi connectivity index (χ0) is 10.6. The quantitative estimate of drug-likeness (QED) is 0.452. The number of aryl methyl sites for hydroxylation is 1. The van der Waals surface area contributed by atoms with Crippen LogP contribution in [0.2, 0.25) is 0 Å². The van der Waals surface area contributed by atoms with Crippen molar-refractivity contribution in [3.63, 3.8) is 0 Å². The second kappa shape index (κ2) is 5.00. The van der Waals surface area contributed by atoms with Crippen molar-refractivity contribution in [2.24, 2.45) is 4.99 Å². The van der Waals surface area contributed by atoms with E-state index in [-0.39, 0.29) is 5.97 Å². The number of thiophene rings is 1. The molecule has 0 radical (unpaired) electrons. The van der Waals surface area contributed by atoms with Crippen LogP contribution in [0.25, 0.3) is 0 Å². The number of thiocarbonyl (C=S) groups is 1. The molecule has 1 aromatic rings. The lowest BCUT2D eigenvalue weighted by Crippen LogP contribution is -2.03. The van der Waals surface area contributed by atoms with Crippen LogP contribution < -0.4 is 0 Å². The van der Waals surface area contributed by atoms with Gasteiger partial charge in [-0.1, -0.05) is 0 Å². The number of carbonyl (C=O) groups excluding carboxylic acids is 1. The van der Waals surface area contributed by atoms with Gasteiger partial charge in [0.2, 0.25) is 0 Å². The molecule has 0 bridgehead atoms. The molecule has 0 saturated heterocycles. The van der Waals surface area contributed by atoms with Crippen molar-refractivity contribution in [2.45, 2.75) is 13.8 Å². The van der Waals surface area contributed by atoms with Gasteiger partial charge < -0.3 is 4.74 Å². The molecule has 0 N–H and O–H groups in total. The average Bonchev–Trinajstić information content (AvgIpc) is 2.48. The summed E-state index contributed by atoms with van der Waals surface area (Å²) in [6.45, 7) is 4.02. The Kier molecular flexibility index (Phi) is 3.95. The van der Waals surface area contributed by atoms with Crippen molar-refractivity contribution in [3.8, 4) is 0 Å². The molecule has 1 heterocycles. The van der Waals surface area contributed by atoms with E-state index >= 15 is 0 Å². The molecular formula is C9H9NO2S2. The molecule has 0 aromatic carbocycles. The number of nitrogens with zero attached hydrogens (tertiary/aromatic N) is 1. The van der Waals surface area contributed by atoms with Gasteiger partial charge in [-0.15, -0.1) is 11.3 Å². The van der Waals surface area contributed by atoms with Crippen LogP contribution in [-0.4, -0.2) is 17.7 Å². The van der Waals surface area contributed by atoms with Crippen molar-refractivity contribution in [2.75, 3.05) is 6.61 Å². The Hall–Kier alpha value is -1.03. The molecule has 0 aliphatic rings. The highest BCUT2D eigenvalue weighted by atomic mass is 32.1. The third kappa shape index (κ3) is 2.48. The van der Waals surface area contributed by atoms with E-state index in [1.807, 2.05) is 6.92 Å². The summed E-state index contributed by atoms with van der Waals surface area (Å²) in [4.78, 5) is 16.2. The highest BCUT2D eigenvalue weighted by molar-refractivity contribution is 7.78. The summed E-state index contributed by atoms with van der Waals surface area (Å²) in [6.07, 6.45) is 0. The van der Waals surface area contributed by atoms with Crippen LogP contribution in [0.4, 0.5) is 5.00 Å². The van der Waals surface area contributed by atoms with Crippen molar-refractivity contribution in [3.05, 3.63) is 16.5 Å². The summed E-state index contributed by atoms with van der Waals surface area (Å²) in [6, 6.07) is 1.74. The van der Waals surface area contributed by atoms with Crippen molar-refractivity contribution in [1.29, 1.82) is 0 Å². The standard InChI is InChI=1S/C9H9NO2S2/c1-3-12-9(11)7-4-6(2)14-8(7)10-5-13/h4H,3H2,1-2H3. The first kappa shape index (κ1) is 11.0. The van der Waals surface area contributed by atoms with Gasteiger partial charge in [-0.3, -0.25) is 0 Å². The molecule has 0 saturated carbocycles. The largest absolute Gasteiger partial charge is 0.462 e. The molecule has 0 aliphatic carbocycles. The van der Waals surface area contributed by atoms with Crippen LogP contribution >= 0.6 is 23.6 Å². The van der Waals surface area contributed by atoms with Gasteiger partial charge in [0.25, 0.3) is 0 Å². The van der Waals surface area contributed by atoms with E-state index in [1.165, 1.54) is 11.3 Å².